The van der Waals surface area contributed by atoms with Gasteiger partial charge in [-0.25, -0.2) is 0 Å². The third-order valence-corrected chi connectivity index (χ3v) is 5.73. The van der Waals surface area contributed by atoms with Crippen molar-refractivity contribution >= 4 is 95.6 Å². The maximum atomic E-state index is 9.24. The molecule has 0 amide bonds. The van der Waals surface area contributed by atoms with E-state index in [1.165, 1.54) is 0 Å². The molecule has 0 atom stereocenters. The summed E-state index contributed by atoms with van der Waals surface area (Å²) < 4.78 is 3.59. The predicted molar refractivity (Wildman–Crippen MR) is 104 cm³/mol. The second-order valence-corrected chi connectivity index (χ2v) is 8.70. The molecule has 0 aliphatic heterocycles. The average molecular weight is 678 g/mol. The van der Waals surface area contributed by atoms with Crippen molar-refractivity contribution in [1.82, 2.24) is 0 Å². The molecule has 3 nitrogen and oxygen atoms in total. The van der Waals surface area contributed by atoms with E-state index < -0.39 is 0 Å². The quantitative estimate of drug-likeness (QED) is 0.280. The molecule has 0 aliphatic carbocycles. The summed E-state index contributed by atoms with van der Waals surface area (Å²) in [5, 5.41) is 27.7. The van der Waals surface area contributed by atoms with Gasteiger partial charge in [0.05, 0.1) is 17.9 Å². The van der Waals surface area contributed by atoms with E-state index in [0.717, 1.165) is 4.47 Å². The molecule has 2 aromatic rings. The lowest BCUT2D eigenvalue weighted by atomic mass is 10.3. The summed E-state index contributed by atoms with van der Waals surface area (Å²) in [6.07, 6.45) is 0. The highest BCUT2D eigenvalue weighted by Gasteiger charge is 2.11. The van der Waals surface area contributed by atoms with Crippen LogP contribution in [0.25, 0.3) is 0 Å². The Hall–Kier alpha value is 0.720. The van der Waals surface area contributed by atoms with Crippen LogP contribution in [0.2, 0.25) is 0 Å². The van der Waals surface area contributed by atoms with Crippen LogP contribution in [0.5, 0.6) is 17.2 Å². The van der Waals surface area contributed by atoms with Crippen LogP contribution in [0.1, 0.15) is 0 Å². The topological polar surface area (TPSA) is 60.7 Å². The van der Waals surface area contributed by atoms with Gasteiger partial charge in [0.25, 0.3) is 0 Å². The minimum absolute atomic E-state index is 0.00861. The largest absolute Gasteiger partial charge is 0.506 e. The first-order valence-corrected chi connectivity index (χ1v) is 9.79. The maximum absolute atomic E-state index is 9.24. The molecule has 0 spiro atoms. The van der Waals surface area contributed by atoms with Crippen LogP contribution in [0.15, 0.2) is 45.0 Å². The van der Waals surface area contributed by atoms with Gasteiger partial charge >= 0.3 is 0 Å². The van der Waals surface area contributed by atoms with Crippen molar-refractivity contribution in [3.63, 3.8) is 0 Å². The Morgan fingerprint density at radius 3 is 1.24 bits per heavy atom. The third-order valence-electron chi connectivity index (χ3n) is 2.10. The summed E-state index contributed by atoms with van der Waals surface area (Å²) in [6, 6.07) is 5.12. The minimum atomic E-state index is -0.00861. The summed E-state index contributed by atoms with van der Waals surface area (Å²) in [4.78, 5) is 0. The standard InChI is InChI=1S/C6H3Br3O2.C6H3Br3O/c7-2-1-3(8)6(11)4(9)5(2)10;7-3-1-4(8)6(10)5(9)2-3/h1,10-11H;1-2,10H. The molecule has 2 aromatic carbocycles. The molecule has 0 saturated heterocycles. The van der Waals surface area contributed by atoms with Gasteiger partial charge < -0.3 is 15.3 Å². The number of halogens is 6. The molecule has 0 heterocycles. The molecule has 0 unspecified atom stereocenters. The fraction of sp³-hybridized carbons (Fsp3) is 0. The van der Waals surface area contributed by atoms with Crippen molar-refractivity contribution in [3.05, 3.63) is 45.0 Å². The second-order valence-electron chi connectivity index (χ2n) is 3.57. The molecule has 3 N–H and O–H groups in total. The van der Waals surface area contributed by atoms with Crippen LogP contribution >= 0.6 is 95.6 Å². The fourth-order valence-electron chi connectivity index (χ4n) is 1.10. The van der Waals surface area contributed by atoms with Crippen molar-refractivity contribution in [2.24, 2.45) is 0 Å². The summed E-state index contributed by atoms with van der Waals surface area (Å²) in [6.45, 7) is 0. The highest BCUT2D eigenvalue weighted by molar-refractivity contribution is 9.12. The lowest BCUT2D eigenvalue weighted by molar-refractivity contribution is 0.440. The maximum Gasteiger partial charge on any atom is 0.147 e. The molecule has 0 radical (unpaired) electrons. The highest BCUT2D eigenvalue weighted by Crippen LogP contribution is 2.43. The normalized spacial score (nSPS) is 10.0. The molecule has 0 fully saturated rings. The van der Waals surface area contributed by atoms with E-state index in [2.05, 4.69) is 95.6 Å². The SMILES string of the molecule is Oc1c(Br)cc(Br)c(O)c1Br.Oc1c(Br)cc(Br)cc1Br. The first-order chi connectivity index (χ1) is 9.65. The van der Waals surface area contributed by atoms with Gasteiger partial charge in [0.15, 0.2) is 0 Å². The van der Waals surface area contributed by atoms with Gasteiger partial charge in [0.1, 0.15) is 21.7 Å². The molecule has 21 heavy (non-hydrogen) atoms. The molecular formula is C12H6Br6O3. The zero-order chi connectivity index (χ0) is 16.3. The number of phenolic OH excluding ortho intramolecular Hbond substituents is 3. The Kier molecular flexibility index (Phi) is 8.04. The Balaban J connectivity index is 0.000000211. The van der Waals surface area contributed by atoms with Gasteiger partial charge in [0, 0.05) is 4.47 Å². The smallest absolute Gasteiger partial charge is 0.147 e. The lowest BCUT2D eigenvalue weighted by Crippen LogP contribution is -1.75. The van der Waals surface area contributed by atoms with Gasteiger partial charge in [0.2, 0.25) is 0 Å². The van der Waals surface area contributed by atoms with E-state index in [0.29, 0.717) is 17.9 Å². The number of hydrogen-bond donors (Lipinski definition) is 3. The van der Waals surface area contributed by atoms with Gasteiger partial charge in [-0.15, -0.1) is 0 Å². The van der Waals surface area contributed by atoms with Gasteiger partial charge in [-0.1, -0.05) is 15.9 Å². The molecule has 0 saturated carbocycles. The van der Waals surface area contributed by atoms with Gasteiger partial charge in [-0.05, 0) is 97.8 Å². The molecule has 0 bridgehead atoms. The second kappa shape index (κ2) is 8.54. The third kappa shape index (κ3) is 5.39. The zero-order valence-corrected chi connectivity index (χ0v) is 19.4. The summed E-state index contributed by atoms with van der Waals surface area (Å²) in [5.41, 5.74) is 0. The van der Waals surface area contributed by atoms with Crippen molar-refractivity contribution < 1.29 is 15.3 Å². The van der Waals surface area contributed by atoms with E-state index >= 15 is 0 Å². The van der Waals surface area contributed by atoms with Crippen LogP contribution in [0, 0.1) is 0 Å². The number of aromatic hydroxyl groups is 3. The van der Waals surface area contributed by atoms with E-state index in [1.807, 2.05) is 0 Å². The lowest BCUT2D eigenvalue weighted by Gasteiger charge is -2.03. The van der Waals surface area contributed by atoms with Crippen molar-refractivity contribution in [2.45, 2.75) is 0 Å². The Labute approximate surface area is 171 Å². The van der Waals surface area contributed by atoms with Crippen LogP contribution in [-0.4, -0.2) is 15.3 Å². The van der Waals surface area contributed by atoms with Crippen molar-refractivity contribution in [3.8, 4) is 17.2 Å². The first-order valence-electron chi connectivity index (χ1n) is 5.04. The van der Waals surface area contributed by atoms with Gasteiger partial charge in [-0.2, -0.15) is 0 Å². The molecule has 114 valence electrons. The number of rotatable bonds is 0. The van der Waals surface area contributed by atoms with Crippen molar-refractivity contribution in [2.75, 3.05) is 0 Å². The van der Waals surface area contributed by atoms with E-state index in [-0.39, 0.29) is 21.7 Å². The van der Waals surface area contributed by atoms with Crippen LogP contribution < -0.4 is 0 Å². The Morgan fingerprint density at radius 1 is 0.524 bits per heavy atom. The molecule has 0 aliphatic rings. The fourth-order valence-corrected chi connectivity index (χ4v) is 5.48. The molecule has 0 aromatic heterocycles. The first kappa shape index (κ1) is 19.8. The van der Waals surface area contributed by atoms with E-state index in [9.17, 15) is 15.3 Å². The van der Waals surface area contributed by atoms with Crippen LogP contribution in [-0.2, 0) is 0 Å². The van der Waals surface area contributed by atoms with E-state index in [1.54, 1.807) is 18.2 Å². The minimum Gasteiger partial charge on any atom is -0.506 e. The zero-order valence-electron chi connectivity index (χ0n) is 9.84. The average Bonchev–Trinajstić information content (AvgIpc) is 2.41. The van der Waals surface area contributed by atoms with E-state index in [4.69, 9.17) is 0 Å². The van der Waals surface area contributed by atoms with Gasteiger partial charge in [-0.3, -0.25) is 0 Å². The summed E-state index contributed by atoms with van der Waals surface area (Å²) in [7, 11) is 0. The van der Waals surface area contributed by atoms with Crippen LogP contribution in [0.4, 0.5) is 0 Å². The number of phenols is 3. The Morgan fingerprint density at radius 2 is 0.857 bits per heavy atom. The van der Waals surface area contributed by atoms with Crippen LogP contribution in [0.3, 0.4) is 0 Å². The predicted octanol–water partition coefficient (Wildman–Crippen LogP) is 7.07. The molecule has 2 rings (SSSR count). The Bertz CT molecular complexity index is 625. The summed E-state index contributed by atoms with van der Waals surface area (Å²) >= 11 is 18.9. The number of benzene rings is 2. The van der Waals surface area contributed by atoms with Crippen molar-refractivity contribution in [1.29, 1.82) is 0 Å². The monoisotopic (exact) mass is 672 g/mol. The molecular weight excluding hydrogens is 672 g/mol. The number of hydrogen-bond acceptors (Lipinski definition) is 3. The molecule has 9 heteroatoms. The summed E-state index contributed by atoms with van der Waals surface area (Å²) in [5.74, 6) is 0.208. The highest BCUT2D eigenvalue weighted by atomic mass is 79.9.